The summed E-state index contributed by atoms with van der Waals surface area (Å²) in [6.07, 6.45) is 6.85. The van der Waals surface area contributed by atoms with Gasteiger partial charge in [0.1, 0.15) is 10.8 Å². The van der Waals surface area contributed by atoms with E-state index in [2.05, 4.69) is 59.4 Å². The van der Waals surface area contributed by atoms with Gasteiger partial charge in [0.05, 0.1) is 25.4 Å². The summed E-state index contributed by atoms with van der Waals surface area (Å²) < 4.78 is 7.69. The average molecular weight is 484 g/mol. The van der Waals surface area contributed by atoms with Crippen molar-refractivity contribution in [3.63, 3.8) is 0 Å². The van der Waals surface area contributed by atoms with Crippen LogP contribution in [0.25, 0.3) is 5.00 Å². The molecule has 6 rings (SSSR count). The van der Waals surface area contributed by atoms with E-state index in [-0.39, 0.29) is 12.1 Å². The van der Waals surface area contributed by atoms with Crippen molar-refractivity contribution in [1.82, 2.24) is 9.47 Å². The predicted molar refractivity (Wildman–Crippen MR) is 141 cm³/mol. The molecule has 1 atom stereocenters. The zero-order valence-electron chi connectivity index (χ0n) is 20.1. The number of carbonyl (C=O) groups excluding carboxylic acids is 1. The molecule has 1 aliphatic carbocycles. The Balaban J connectivity index is 1.48. The molecular formula is C29H29N3O2S. The van der Waals surface area contributed by atoms with Gasteiger partial charge in [-0.2, -0.15) is 0 Å². The SMILES string of the molecule is COc1cccc(NC(=O)N2Cc3c(sc4c3CCCC4)-n3cccc3[C@@H]2c2ccc(C)cc2)c1. The van der Waals surface area contributed by atoms with Crippen LogP contribution >= 0.6 is 11.3 Å². The fraction of sp³-hybridized carbons (Fsp3) is 0.276. The number of nitrogens with zero attached hydrogens (tertiary/aromatic N) is 2. The fourth-order valence-corrected chi connectivity index (χ4v) is 6.79. The first kappa shape index (κ1) is 22.0. The molecular weight excluding hydrogens is 454 g/mol. The van der Waals surface area contributed by atoms with Gasteiger partial charge in [0.15, 0.2) is 0 Å². The number of hydrogen-bond acceptors (Lipinski definition) is 3. The van der Waals surface area contributed by atoms with E-state index >= 15 is 0 Å². The van der Waals surface area contributed by atoms with Crippen LogP contribution in [0.4, 0.5) is 10.5 Å². The molecule has 0 unspecified atom stereocenters. The number of aromatic nitrogens is 1. The summed E-state index contributed by atoms with van der Waals surface area (Å²) >= 11 is 1.91. The van der Waals surface area contributed by atoms with E-state index in [0.717, 1.165) is 35.5 Å². The van der Waals surface area contributed by atoms with Gasteiger partial charge in [0.2, 0.25) is 0 Å². The molecule has 0 saturated heterocycles. The Morgan fingerprint density at radius 2 is 1.86 bits per heavy atom. The molecule has 1 N–H and O–H groups in total. The maximum absolute atomic E-state index is 14.0. The number of ether oxygens (including phenoxy) is 1. The lowest BCUT2D eigenvalue weighted by Crippen LogP contribution is -2.38. The van der Waals surface area contributed by atoms with E-state index in [1.165, 1.54) is 39.4 Å². The van der Waals surface area contributed by atoms with Crippen LogP contribution in [-0.2, 0) is 19.4 Å². The zero-order chi connectivity index (χ0) is 23.9. The maximum atomic E-state index is 14.0. The van der Waals surface area contributed by atoms with Crippen molar-refractivity contribution in [1.29, 1.82) is 0 Å². The number of amides is 2. The summed E-state index contributed by atoms with van der Waals surface area (Å²) in [7, 11) is 1.64. The molecule has 2 aromatic heterocycles. The van der Waals surface area contributed by atoms with Gasteiger partial charge in [-0.3, -0.25) is 0 Å². The number of hydrogen-bond donors (Lipinski definition) is 1. The first-order valence-corrected chi connectivity index (χ1v) is 13.0. The zero-order valence-corrected chi connectivity index (χ0v) is 20.9. The maximum Gasteiger partial charge on any atom is 0.322 e. The van der Waals surface area contributed by atoms with Crippen LogP contribution in [0.2, 0.25) is 0 Å². The number of rotatable bonds is 3. The number of urea groups is 1. The Morgan fingerprint density at radius 1 is 1.03 bits per heavy atom. The Hall–Kier alpha value is -3.51. The lowest BCUT2D eigenvalue weighted by molar-refractivity contribution is 0.194. The predicted octanol–water partition coefficient (Wildman–Crippen LogP) is 6.87. The van der Waals surface area contributed by atoms with E-state index in [1.807, 2.05) is 40.5 Å². The molecule has 0 radical (unpaired) electrons. The van der Waals surface area contributed by atoms with Gasteiger partial charge in [-0.15, -0.1) is 11.3 Å². The molecule has 35 heavy (non-hydrogen) atoms. The first-order valence-electron chi connectivity index (χ1n) is 12.2. The summed E-state index contributed by atoms with van der Waals surface area (Å²) in [6.45, 7) is 2.67. The van der Waals surface area contributed by atoms with E-state index < -0.39 is 0 Å². The van der Waals surface area contributed by atoms with Crippen molar-refractivity contribution in [2.24, 2.45) is 0 Å². The number of benzene rings is 2. The van der Waals surface area contributed by atoms with Crippen molar-refractivity contribution in [3.05, 3.63) is 99.7 Å². The van der Waals surface area contributed by atoms with Crippen LogP contribution in [0, 0.1) is 6.92 Å². The molecule has 2 amide bonds. The van der Waals surface area contributed by atoms with Gasteiger partial charge < -0.3 is 19.5 Å². The third-order valence-corrected chi connectivity index (χ3v) is 8.49. The Morgan fingerprint density at radius 3 is 2.69 bits per heavy atom. The van der Waals surface area contributed by atoms with Gasteiger partial charge in [0, 0.05) is 28.4 Å². The smallest absolute Gasteiger partial charge is 0.322 e. The van der Waals surface area contributed by atoms with E-state index in [1.54, 1.807) is 7.11 Å². The molecule has 2 aliphatic rings. The van der Waals surface area contributed by atoms with Crippen LogP contribution in [0.5, 0.6) is 5.75 Å². The number of fused-ring (bicyclic) bond motifs is 5. The molecule has 5 nitrogen and oxygen atoms in total. The van der Waals surface area contributed by atoms with Crippen LogP contribution in [-0.4, -0.2) is 22.6 Å². The van der Waals surface area contributed by atoms with Gasteiger partial charge in [-0.25, -0.2) is 4.79 Å². The highest BCUT2D eigenvalue weighted by molar-refractivity contribution is 7.15. The standard InChI is InChI=1S/C29H29N3O2S/c1-19-12-14-20(15-13-19)27-25-10-6-16-31(25)28-24(23-9-3-4-11-26(23)35-28)18-32(27)29(33)30-21-7-5-8-22(17-21)34-2/h5-8,10,12-17,27H,3-4,9,11,18H2,1-2H3,(H,30,33)/t27-/m0/s1. The van der Waals surface area contributed by atoms with Crippen molar-refractivity contribution in [2.45, 2.75) is 45.2 Å². The Kier molecular flexibility index (Phi) is 5.61. The average Bonchev–Trinajstić information content (AvgIpc) is 3.47. The number of methoxy groups -OCH3 is 1. The molecule has 0 bridgehead atoms. The van der Waals surface area contributed by atoms with E-state index in [0.29, 0.717) is 6.54 Å². The second kappa shape index (κ2) is 8.93. The normalized spacial score (nSPS) is 16.6. The molecule has 2 aromatic carbocycles. The number of carbonyl (C=O) groups is 1. The number of thiophene rings is 1. The summed E-state index contributed by atoms with van der Waals surface area (Å²) in [5, 5.41) is 4.42. The van der Waals surface area contributed by atoms with E-state index in [4.69, 9.17) is 4.74 Å². The summed E-state index contributed by atoms with van der Waals surface area (Å²) in [6, 6.07) is 20.0. The molecule has 178 valence electrons. The minimum absolute atomic E-state index is 0.111. The van der Waals surface area contributed by atoms with Gasteiger partial charge in [-0.1, -0.05) is 35.9 Å². The largest absolute Gasteiger partial charge is 0.497 e. The Labute approximate surface area is 210 Å². The van der Waals surface area contributed by atoms with Crippen molar-refractivity contribution in [2.75, 3.05) is 12.4 Å². The van der Waals surface area contributed by atoms with Gasteiger partial charge in [0.25, 0.3) is 0 Å². The highest BCUT2D eigenvalue weighted by atomic mass is 32.1. The topological polar surface area (TPSA) is 46.5 Å². The van der Waals surface area contributed by atoms with Crippen LogP contribution in [0.3, 0.4) is 0 Å². The first-order chi connectivity index (χ1) is 17.1. The minimum atomic E-state index is -0.199. The van der Waals surface area contributed by atoms with E-state index in [9.17, 15) is 4.79 Å². The third-order valence-electron chi connectivity index (χ3n) is 7.15. The Bertz CT molecular complexity index is 1390. The number of nitrogens with one attached hydrogen (secondary N) is 1. The second-order valence-corrected chi connectivity index (χ2v) is 10.5. The van der Waals surface area contributed by atoms with Crippen LogP contribution < -0.4 is 10.1 Å². The lowest BCUT2D eigenvalue weighted by Gasteiger charge is -2.31. The van der Waals surface area contributed by atoms with Crippen LogP contribution in [0.1, 0.15) is 51.7 Å². The quantitative estimate of drug-likeness (QED) is 0.346. The van der Waals surface area contributed by atoms with Crippen LogP contribution in [0.15, 0.2) is 66.9 Å². The second-order valence-electron chi connectivity index (χ2n) is 9.40. The van der Waals surface area contributed by atoms with Crippen molar-refractivity contribution in [3.8, 4) is 10.8 Å². The highest BCUT2D eigenvalue weighted by Gasteiger charge is 2.36. The number of anilines is 1. The van der Waals surface area contributed by atoms with Gasteiger partial charge >= 0.3 is 6.03 Å². The summed E-state index contributed by atoms with van der Waals surface area (Å²) in [4.78, 5) is 17.5. The number of aryl methyl sites for hydroxylation is 2. The lowest BCUT2D eigenvalue weighted by atomic mass is 9.95. The molecule has 3 heterocycles. The molecule has 1 aliphatic heterocycles. The monoisotopic (exact) mass is 483 g/mol. The fourth-order valence-electron chi connectivity index (χ4n) is 5.38. The van der Waals surface area contributed by atoms with Crippen molar-refractivity contribution >= 4 is 23.1 Å². The highest BCUT2D eigenvalue weighted by Crippen LogP contribution is 2.44. The van der Waals surface area contributed by atoms with Crippen molar-refractivity contribution < 1.29 is 9.53 Å². The molecule has 6 heteroatoms. The molecule has 4 aromatic rings. The molecule has 0 saturated carbocycles. The molecule has 0 spiro atoms. The minimum Gasteiger partial charge on any atom is -0.497 e. The molecule has 0 fully saturated rings. The summed E-state index contributed by atoms with van der Waals surface area (Å²) in [5.74, 6) is 0.719. The van der Waals surface area contributed by atoms with Gasteiger partial charge in [-0.05, 0) is 68.0 Å². The summed E-state index contributed by atoms with van der Waals surface area (Å²) in [5.41, 5.74) is 6.92. The third kappa shape index (κ3) is 3.92.